The second-order valence-corrected chi connectivity index (χ2v) is 6.58. The molecular formula is C14H19NO2S2. The molecule has 1 aromatic carbocycles. The molecule has 0 radical (unpaired) electrons. The Kier molecular flexibility index (Phi) is 5.60. The van der Waals surface area contributed by atoms with E-state index in [1.54, 1.807) is 18.7 Å². The molecule has 2 rings (SSSR count). The first kappa shape index (κ1) is 14.8. The summed E-state index contributed by atoms with van der Waals surface area (Å²) in [5.74, 6) is 3.04. The van der Waals surface area contributed by atoms with E-state index in [4.69, 9.17) is 10.5 Å². The molecule has 0 bridgehead atoms. The summed E-state index contributed by atoms with van der Waals surface area (Å²) in [6.07, 6.45) is 0. The summed E-state index contributed by atoms with van der Waals surface area (Å²) in [7, 11) is 0. The largest absolute Gasteiger partial charge is 0.465 e. The summed E-state index contributed by atoms with van der Waals surface area (Å²) < 4.78 is 4.90. The van der Waals surface area contributed by atoms with E-state index in [1.807, 2.05) is 11.8 Å². The number of thioether (sulfide) groups is 2. The number of nitrogens with two attached hydrogens (primary N) is 1. The van der Waals surface area contributed by atoms with Crippen LogP contribution in [0.4, 0.5) is 0 Å². The maximum atomic E-state index is 11.4. The molecule has 0 aromatic heterocycles. The number of carbonyl (C=O) groups excluding carboxylic acids is 1. The molecule has 0 fully saturated rings. The van der Waals surface area contributed by atoms with Crippen molar-refractivity contribution in [3.8, 4) is 0 Å². The van der Waals surface area contributed by atoms with Crippen LogP contribution in [0.3, 0.4) is 0 Å². The molecule has 0 saturated carbocycles. The highest BCUT2D eigenvalue weighted by molar-refractivity contribution is 8.00. The van der Waals surface area contributed by atoms with E-state index in [2.05, 4.69) is 24.3 Å². The number of hydrogen-bond acceptors (Lipinski definition) is 5. The maximum absolute atomic E-state index is 11.4. The van der Waals surface area contributed by atoms with E-state index in [0.29, 0.717) is 18.3 Å². The van der Waals surface area contributed by atoms with Crippen LogP contribution in [0.1, 0.15) is 18.4 Å². The van der Waals surface area contributed by atoms with Crippen molar-refractivity contribution in [2.45, 2.75) is 23.8 Å². The molecule has 0 spiro atoms. The molecule has 0 aliphatic carbocycles. The second-order valence-electron chi connectivity index (χ2n) is 4.44. The minimum Gasteiger partial charge on any atom is -0.465 e. The Morgan fingerprint density at radius 1 is 1.58 bits per heavy atom. The van der Waals surface area contributed by atoms with Gasteiger partial charge >= 0.3 is 5.97 Å². The van der Waals surface area contributed by atoms with Gasteiger partial charge in [-0.15, -0.1) is 11.8 Å². The average Bonchev–Trinajstić information content (AvgIpc) is 2.82. The van der Waals surface area contributed by atoms with Crippen LogP contribution in [-0.2, 0) is 9.53 Å². The van der Waals surface area contributed by atoms with Crippen molar-refractivity contribution in [2.75, 3.05) is 23.9 Å². The lowest BCUT2D eigenvalue weighted by atomic mass is 10.0. The second kappa shape index (κ2) is 7.22. The molecular weight excluding hydrogens is 278 g/mol. The quantitative estimate of drug-likeness (QED) is 0.818. The standard InChI is InChI=1S/C14H19NO2S2/c1-2-17-14(16)12(15)9-18-7-10-8-19-13-6-4-3-5-11(10)13/h3-6,10,12H,2,7-9,15H2,1H3. The third-order valence-electron chi connectivity index (χ3n) is 3.00. The summed E-state index contributed by atoms with van der Waals surface area (Å²) in [5, 5.41) is 0. The molecule has 1 aliphatic rings. The van der Waals surface area contributed by atoms with Crippen LogP contribution in [0.2, 0.25) is 0 Å². The molecule has 0 amide bonds. The minimum absolute atomic E-state index is 0.295. The van der Waals surface area contributed by atoms with Crippen LogP contribution in [0, 0.1) is 0 Å². The molecule has 2 N–H and O–H groups in total. The molecule has 2 atom stereocenters. The Labute approximate surface area is 122 Å². The molecule has 1 aromatic rings. The van der Waals surface area contributed by atoms with Crippen LogP contribution in [0.5, 0.6) is 0 Å². The van der Waals surface area contributed by atoms with Gasteiger partial charge in [0.15, 0.2) is 0 Å². The van der Waals surface area contributed by atoms with Gasteiger partial charge in [0.2, 0.25) is 0 Å². The summed E-state index contributed by atoms with van der Waals surface area (Å²) in [5.41, 5.74) is 7.22. The first-order valence-corrected chi connectivity index (χ1v) is 8.58. The monoisotopic (exact) mass is 297 g/mol. The van der Waals surface area contributed by atoms with Crippen molar-refractivity contribution in [3.63, 3.8) is 0 Å². The highest BCUT2D eigenvalue weighted by Gasteiger charge is 2.23. The van der Waals surface area contributed by atoms with Crippen molar-refractivity contribution >= 4 is 29.5 Å². The van der Waals surface area contributed by atoms with Gasteiger partial charge in [0.25, 0.3) is 0 Å². The number of ether oxygens (including phenoxy) is 1. The van der Waals surface area contributed by atoms with Crippen molar-refractivity contribution in [2.24, 2.45) is 5.73 Å². The lowest BCUT2D eigenvalue weighted by Gasteiger charge is -2.13. The SMILES string of the molecule is CCOC(=O)C(N)CSCC1CSc2ccccc21. The summed E-state index contributed by atoms with van der Waals surface area (Å²) in [4.78, 5) is 12.8. The van der Waals surface area contributed by atoms with Gasteiger partial charge in [-0.25, -0.2) is 0 Å². The van der Waals surface area contributed by atoms with Gasteiger partial charge < -0.3 is 10.5 Å². The fourth-order valence-corrected chi connectivity index (χ4v) is 4.53. The lowest BCUT2D eigenvalue weighted by molar-refractivity contribution is -0.144. The fourth-order valence-electron chi connectivity index (χ4n) is 2.02. The van der Waals surface area contributed by atoms with E-state index in [1.165, 1.54) is 10.5 Å². The first-order valence-electron chi connectivity index (χ1n) is 6.44. The number of fused-ring (bicyclic) bond motifs is 1. The maximum Gasteiger partial charge on any atom is 0.323 e. The fraction of sp³-hybridized carbons (Fsp3) is 0.500. The van der Waals surface area contributed by atoms with Gasteiger partial charge in [0.1, 0.15) is 6.04 Å². The topological polar surface area (TPSA) is 52.3 Å². The van der Waals surface area contributed by atoms with E-state index < -0.39 is 6.04 Å². The average molecular weight is 297 g/mol. The Morgan fingerprint density at radius 2 is 2.37 bits per heavy atom. The van der Waals surface area contributed by atoms with Crippen LogP contribution in [0.15, 0.2) is 29.2 Å². The molecule has 5 heteroatoms. The highest BCUT2D eigenvalue weighted by Crippen LogP contribution is 2.40. The van der Waals surface area contributed by atoms with E-state index in [-0.39, 0.29) is 5.97 Å². The summed E-state index contributed by atoms with van der Waals surface area (Å²) >= 11 is 3.65. The van der Waals surface area contributed by atoms with E-state index in [0.717, 1.165) is 11.5 Å². The number of benzene rings is 1. The summed E-state index contributed by atoms with van der Waals surface area (Å²) in [6.45, 7) is 2.19. The van der Waals surface area contributed by atoms with Crippen LogP contribution in [0.25, 0.3) is 0 Å². The Hall–Kier alpha value is -0.650. The third kappa shape index (κ3) is 3.91. The zero-order valence-corrected chi connectivity index (χ0v) is 12.6. The molecule has 2 unspecified atom stereocenters. The van der Waals surface area contributed by atoms with Crippen molar-refractivity contribution < 1.29 is 9.53 Å². The molecule has 19 heavy (non-hydrogen) atoms. The highest BCUT2D eigenvalue weighted by atomic mass is 32.2. The van der Waals surface area contributed by atoms with Gasteiger partial charge in [0, 0.05) is 28.1 Å². The smallest absolute Gasteiger partial charge is 0.323 e. The minimum atomic E-state index is -0.505. The lowest BCUT2D eigenvalue weighted by Crippen LogP contribution is -2.34. The van der Waals surface area contributed by atoms with E-state index >= 15 is 0 Å². The van der Waals surface area contributed by atoms with Gasteiger partial charge in [-0.05, 0) is 18.6 Å². The van der Waals surface area contributed by atoms with Gasteiger partial charge in [0.05, 0.1) is 6.61 Å². The molecule has 104 valence electrons. The molecule has 1 aliphatic heterocycles. The number of carbonyl (C=O) groups is 1. The molecule has 1 heterocycles. The predicted octanol–water partition coefficient (Wildman–Crippen LogP) is 2.50. The Balaban J connectivity index is 1.77. The number of rotatable bonds is 6. The van der Waals surface area contributed by atoms with Crippen LogP contribution >= 0.6 is 23.5 Å². The summed E-state index contributed by atoms with van der Waals surface area (Å²) in [6, 6.07) is 8.04. The van der Waals surface area contributed by atoms with Crippen LogP contribution < -0.4 is 5.73 Å². The predicted molar refractivity (Wildman–Crippen MR) is 81.8 cm³/mol. The normalized spacial score (nSPS) is 18.9. The van der Waals surface area contributed by atoms with Crippen molar-refractivity contribution in [1.29, 1.82) is 0 Å². The number of esters is 1. The van der Waals surface area contributed by atoms with E-state index in [9.17, 15) is 4.79 Å². The zero-order valence-electron chi connectivity index (χ0n) is 11.0. The van der Waals surface area contributed by atoms with Gasteiger partial charge in [-0.2, -0.15) is 11.8 Å². The first-order chi connectivity index (χ1) is 9.22. The van der Waals surface area contributed by atoms with Gasteiger partial charge in [-0.1, -0.05) is 18.2 Å². The third-order valence-corrected chi connectivity index (χ3v) is 5.49. The molecule has 3 nitrogen and oxygen atoms in total. The Bertz CT molecular complexity index is 439. The molecule has 0 saturated heterocycles. The zero-order chi connectivity index (χ0) is 13.7. The Morgan fingerprint density at radius 3 is 3.16 bits per heavy atom. The van der Waals surface area contributed by atoms with Crippen molar-refractivity contribution in [1.82, 2.24) is 0 Å². The van der Waals surface area contributed by atoms with Gasteiger partial charge in [-0.3, -0.25) is 4.79 Å². The number of hydrogen-bond donors (Lipinski definition) is 1. The van der Waals surface area contributed by atoms with Crippen molar-refractivity contribution in [3.05, 3.63) is 29.8 Å². The van der Waals surface area contributed by atoms with Crippen LogP contribution in [-0.4, -0.2) is 35.9 Å².